The Morgan fingerprint density at radius 3 is 3.00 bits per heavy atom. The number of hydrogen-bond acceptors (Lipinski definition) is 3. The minimum atomic E-state index is 0.339. The summed E-state index contributed by atoms with van der Waals surface area (Å²) in [5, 5.41) is 8.83. The van der Waals surface area contributed by atoms with E-state index in [1.54, 1.807) is 18.3 Å². The van der Waals surface area contributed by atoms with Crippen LogP contribution in [0.3, 0.4) is 0 Å². The Morgan fingerprint density at radius 2 is 2.33 bits per heavy atom. The van der Waals surface area contributed by atoms with E-state index < -0.39 is 0 Å². The second kappa shape index (κ2) is 3.84. The van der Waals surface area contributed by atoms with Crippen LogP contribution in [0, 0.1) is 11.3 Å². The molecule has 0 radical (unpaired) electrons. The van der Waals surface area contributed by atoms with E-state index in [0.717, 1.165) is 0 Å². The molecular formula is C11H9N3O. The molecule has 0 saturated heterocycles. The lowest BCUT2D eigenvalue weighted by Gasteiger charge is -2.02. The fourth-order valence-corrected chi connectivity index (χ4v) is 1.21. The van der Waals surface area contributed by atoms with Gasteiger partial charge in [-0.2, -0.15) is 5.26 Å². The quantitative estimate of drug-likeness (QED) is 0.744. The van der Waals surface area contributed by atoms with Crippen LogP contribution in [0.15, 0.2) is 36.8 Å². The number of nitriles is 1. The largest absolute Gasteiger partial charge is 0.436 e. The van der Waals surface area contributed by atoms with Crippen molar-refractivity contribution in [2.75, 3.05) is 0 Å². The molecule has 0 saturated carbocycles. The fourth-order valence-electron chi connectivity index (χ4n) is 1.21. The zero-order chi connectivity index (χ0) is 10.7. The summed E-state index contributed by atoms with van der Waals surface area (Å²) in [5.74, 6) is 1.01. The molecule has 0 aromatic carbocycles. The first-order chi connectivity index (χ1) is 7.29. The second-order valence-electron chi connectivity index (χ2n) is 3.08. The van der Waals surface area contributed by atoms with Gasteiger partial charge in [0.2, 0.25) is 5.88 Å². The third-order valence-corrected chi connectivity index (χ3v) is 1.91. The van der Waals surface area contributed by atoms with Gasteiger partial charge in [-0.1, -0.05) is 0 Å². The highest BCUT2D eigenvalue weighted by atomic mass is 16.5. The van der Waals surface area contributed by atoms with Crippen molar-refractivity contribution >= 4 is 0 Å². The lowest BCUT2D eigenvalue weighted by atomic mass is 10.3. The van der Waals surface area contributed by atoms with Crippen LogP contribution < -0.4 is 4.74 Å². The smallest absolute Gasteiger partial charge is 0.237 e. The molecule has 2 aromatic heterocycles. The van der Waals surface area contributed by atoms with Crippen molar-refractivity contribution in [3.05, 3.63) is 42.4 Å². The maximum Gasteiger partial charge on any atom is 0.237 e. The van der Waals surface area contributed by atoms with Crippen LogP contribution in [0.2, 0.25) is 0 Å². The molecule has 0 aliphatic heterocycles. The van der Waals surface area contributed by atoms with E-state index >= 15 is 0 Å². The van der Waals surface area contributed by atoms with Crippen LogP contribution in [-0.2, 0) is 7.05 Å². The molecule has 0 spiro atoms. The van der Waals surface area contributed by atoms with Crippen molar-refractivity contribution in [1.82, 2.24) is 9.55 Å². The molecule has 74 valence electrons. The molecule has 15 heavy (non-hydrogen) atoms. The molecule has 0 bridgehead atoms. The zero-order valence-corrected chi connectivity index (χ0v) is 8.21. The van der Waals surface area contributed by atoms with Gasteiger partial charge >= 0.3 is 0 Å². The van der Waals surface area contributed by atoms with E-state index in [9.17, 15) is 0 Å². The topological polar surface area (TPSA) is 50.8 Å². The number of ether oxygens (including phenoxy) is 1. The molecule has 0 unspecified atom stereocenters. The number of pyridine rings is 1. The van der Waals surface area contributed by atoms with Crippen LogP contribution in [0.4, 0.5) is 0 Å². The van der Waals surface area contributed by atoms with Crippen molar-refractivity contribution in [2.45, 2.75) is 0 Å². The average molecular weight is 199 g/mol. The first-order valence-electron chi connectivity index (χ1n) is 4.44. The molecule has 0 fully saturated rings. The molecule has 4 nitrogen and oxygen atoms in total. The normalized spacial score (nSPS) is 9.60. The standard InChI is InChI=1S/C11H9N3O/c1-14-6-4-10(8-14)15-11-9(7-12)3-2-5-13-11/h2-6,8H,1H3. The van der Waals surface area contributed by atoms with E-state index in [4.69, 9.17) is 10.00 Å². The second-order valence-corrected chi connectivity index (χ2v) is 3.08. The molecular weight excluding hydrogens is 190 g/mol. The Morgan fingerprint density at radius 1 is 1.47 bits per heavy atom. The third kappa shape index (κ3) is 1.97. The predicted molar refractivity (Wildman–Crippen MR) is 54.4 cm³/mol. The number of aromatic nitrogens is 2. The van der Waals surface area contributed by atoms with Crippen LogP contribution in [0.1, 0.15) is 5.56 Å². The number of aryl methyl sites for hydroxylation is 1. The fraction of sp³-hybridized carbons (Fsp3) is 0.0909. The first-order valence-corrected chi connectivity index (χ1v) is 4.44. The number of hydrogen-bond donors (Lipinski definition) is 0. The summed E-state index contributed by atoms with van der Waals surface area (Å²) in [6.45, 7) is 0. The van der Waals surface area contributed by atoms with Gasteiger partial charge in [0.25, 0.3) is 0 Å². The van der Waals surface area contributed by atoms with Gasteiger partial charge in [0, 0.05) is 25.6 Å². The molecule has 2 aromatic rings. The Labute approximate surface area is 87.4 Å². The average Bonchev–Trinajstić information content (AvgIpc) is 2.65. The van der Waals surface area contributed by atoms with Gasteiger partial charge in [0.1, 0.15) is 17.4 Å². The van der Waals surface area contributed by atoms with E-state index in [2.05, 4.69) is 4.98 Å². The lowest BCUT2D eigenvalue weighted by molar-refractivity contribution is 0.461. The van der Waals surface area contributed by atoms with Crippen LogP contribution >= 0.6 is 0 Å². The van der Waals surface area contributed by atoms with Crippen LogP contribution in [-0.4, -0.2) is 9.55 Å². The lowest BCUT2D eigenvalue weighted by Crippen LogP contribution is -1.90. The predicted octanol–water partition coefficient (Wildman–Crippen LogP) is 2.08. The van der Waals surface area contributed by atoms with Crippen molar-refractivity contribution in [2.24, 2.45) is 7.05 Å². The highest BCUT2D eigenvalue weighted by Crippen LogP contribution is 2.21. The van der Waals surface area contributed by atoms with Gasteiger partial charge in [-0.3, -0.25) is 0 Å². The Hall–Kier alpha value is -2.28. The minimum absolute atomic E-state index is 0.339. The van der Waals surface area contributed by atoms with E-state index in [-0.39, 0.29) is 0 Å². The van der Waals surface area contributed by atoms with Gasteiger partial charge in [0.15, 0.2) is 0 Å². The van der Waals surface area contributed by atoms with Crippen molar-refractivity contribution in [1.29, 1.82) is 5.26 Å². The summed E-state index contributed by atoms with van der Waals surface area (Å²) < 4.78 is 7.33. The first kappa shape index (κ1) is 9.28. The maximum absolute atomic E-state index is 8.83. The zero-order valence-electron chi connectivity index (χ0n) is 8.21. The molecule has 0 atom stereocenters. The third-order valence-electron chi connectivity index (χ3n) is 1.91. The molecule has 0 aliphatic carbocycles. The highest BCUT2D eigenvalue weighted by Gasteiger charge is 2.05. The van der Waals surface area contributed by atoms with Crippen LogP contribution in [0.25, 0.3) is 0 Å². The molecule has 0 N–H and O–H groups in total. The summed E-state index contributed by atoms with van der Waals surface area (Å²) in [4.78, 5) is 4.00. The van der Waals surface area contributed by atoms with E-state index in [1.807, 2.05) is 36.1 Å². The van der Waals surface area contributed by atoms with Gasteiger partial charge in [-0.25, -0.2) is 4.98 Å². The molecule has 4 heteroatoms. The number of nitrogens with zero attached hydrogens (tertiary/aromatic N) is 3. The summed E-state index contributed by atoms with van der Waals surface area (Å²) in [6.07, 6.45) is 5.28. The summed E-state index contributed by atoms with van der Waals surface area (Å²) >= 11 is 0. The Bertz CT molecular complexity index is 511. The number of rotatable bonds is 2. The molecule has 2 heterocycles. The molecule has 0 aliphatic rings. The van der Waals surface area contributed by atoms with Crippen molar-refractivity contribution < 1.29 is 4.74 Å². The van der Waals surface area contributed by atoms with E-state index in [0.29, 0.717) is 17.2 Å². The van der Waals surface area contributed by atoms with Gasteiger partial charge in [-0.05, 0) is 18.2 Å². The van der Waals surface area contributed by atoms with Gasteiger partial charge in [0.05, 0.1) is 0 Å². The monoisotopic (exact) mass is 199 g/mol. The van der Waals surface area contributed by atoms with Crippen molar-refractivity contribution in [3.8, 4) is 17.7 Å². The van der Waals surface area contributed by atoms with Crippen LogP contribution in [0.5, 0.6) is 11.6 Å². The van der Waals surface area contributed by atoms with Crippen molar-refractivity contribution in [3.63, 3.8) is 0 Å². The Kier molecular flexibility index (Phi) is 2.38. The summed E-state index contributed by atoms with van der Waals surface area (Å²) in [5.41, 5.74) is 0.432. The molecule has 0 amide bonds. The van der Waals surface area contributed by atoms with Gasteiger partial charge in [-0.15, -0.1) is 0 Å². The van der Waals surface area contributed by atoms with E-state index in [1.165, 1.54) is 0 Å². The summed E-state index contributed by atoms with van der Waals surface area (Å²) in [7, 11) is 1.90. The highest BCUT2D eigenvalue weighted by molar-refractivity contribution is 5.39. The minimum Gasteiger partial charge on any atom is -0.436 e. The SMILES string of the molecule is Cn1ccc(Oc2ncccc2C#N)c1. The van der Waals surface area contributed by atoms with Gasteiger partial charge < -0.3 is 9.30 Å². The molecule has 2 rings (SSSR count). The summed E-state index contributed by atoms with van der Waals surface area (Å²) in [6, 6.07) is 7.22. The maximum atomic E-state index is 8.83. The Balaban J connectivity index is 2.28.